The van der Waals surface area contributed by atoms with Crippen LogP contribution < -0.4 is 4.90 Å². The molecule has 1 saturated heterocycles. The van der Waals surface area contributed by atoms with Gasteiger partial charge in [-0.1, -0.05) is 26.0 Å². The van der Waals surface area contributed by atoms with Gasteiger partial charge in [-0.3, -0.25) is 0 Å². The Balaban J connectivity index is 1.62. The molecule has 1 aliphatic carbocycles. The van der Waals surface area contributed by atoms with Crippen molar-refractivity contribution in [2.45, 2.75) is 57.5 Å². The molecule has 3 nitrogen and oxygen atoms in total. The molecule has 0 bridgehead atoms. The fraction of sp³-hybridized carbons (Fsp3) is 0.700. The van der Waals surface area contributed by atoms with Crippen LogP contribution in [0.2, 0.25) is 0 Å². The van der Waals surface area contributed by atoms with Crippen molar-refractivity contribution in [1.29, 1.82) is 0 Å². The van der Waals surface area contributed by atoms with Gasteiger partial charge in [0.15, 0.2) is 0 Å². The van der Waals surface area contributed by atoms with Crippen molar-refractivity contribution in [1.82, 2.24) is 0 Å². The predicted molar refractivity (Wildman–Crippen MR) is 95.1 cm³/mol. The molecule has 1 aromatic rings. The van der Waals surface area contributed by atoms with Crippen LogP contribution in [0.15, 0.2) is 24.3 Å². The number of rotatable bonds is 4. The molecule has 1 spiro atoms. The molecule has 0 aromatic heterocycles. The molecule has 1 N–H and O–H groups in total. The Kier molecular flexibility index (Phi) is 4.70. The Morgan fingerprint density at radius 2 is 1.74 bits per heavy atom. The van der Waals surface area contributed by atoms with E-state index in [1.54, 1.807) is 7.11 Å². The standard InChI is InChI=1S/C20H31NO2/c1-16(2)17-4-6-18(7-5-17)21-13-12-19(14-21)8-10-20(22,11-9-19)15-23-3/h4-7,16,22H,8-15H2,1-3H3. The maximum absolute atomic E-state index is 10.5. The fourth-order valence-corrected chi connectivity index (χ4v) is 4.29. The smallest absolute Gasteiger partial charge is 0.0880 e. The summed E-state index contributed by atoms with van der Waals surface area (Å²) in [5.41, 5.74) is 2.57. The second-order valence-corrected chi connectivity index (χ2v) is 8.08. The summed E-state index contributed by atoms with van der Waals surface area (Å²) in [5, 5.41) is 10.5. The minimum atomic E-state index is -0.591. The van der Waals surface area contributed by atoms with Gasteiger partial charge in [0.25, 0.3) is 0 Å². The zero-order valence-electron chi connectivity index (χ0n) is 14.8. The average molecular weight is 317 g/mol. The number of ether oxygens (including phenoxy) is 1. The van der Waals surface area contributed by atoms with Crippen LogP contribution >= 0.6 is 0 Å². The van der Waals surface area contributed by atoms with Gasteiger partial charge in [-0.15, -0.1) is 0 Å². The van der Waals surface area contributed by atoms with E-state index in [1.807, 2.05) is 0 Å². The number of nitrogens with zero attached hydrogens (tertiary/aromatic N) is 1. The summed E-state index contributed by atoms with van der Waals surface area (Å²) >= 11 is 0. The summed E-state index contributed by atoms with van der Waals surface area (Å²) in [6.07, 6.45) is 5.24. The van der Waals surface area contributed by atoms with Gasteiger partial charge in [0.2, 0.25) is 0 Å². The summed E-state index contributed by atoms with van der Waals surface area (Å²) in [7, 11) is 1.68. The fourth-order valence-electron chi connectivity index (χ4n) is 4.29. The van der Waals surface area contributed by atoms with Crippen molar-refractivity contribution in [2.24, 2.45) is 5.41 Å². The lowest BCUT2D eigenvalue weighted by molar-refractivity contribution is -0.0766. The van der Waals surface area contributed by atoms with E-state index in [1.165, 1.54) is 17.7 Å². The van der Waals surface area contributed by atoms with E-state index >= 15 is 0 Å². The first-order chi connectivity index (χ1) is 11.0. The van der Waals surface area contributed by atoms with Gasteiger partial charge in [-0.25, -0.2) is 0 Å². The summed E-state index contributed by atoms with van der Waals surface area (Å²) in [5.74, 6) is 0.589. The Morgan fingerprint density at radius 1 is 1.09 bits per heavy atom. The summed E-state index contributed by atoms with van der Waals surface area (Å²) < 4.78 is 5.20. The van der Waals surface area contributed by atoms with E-state index in [2.05, 4.69) is 43.0 Å². The molecule has 128 valence electrons. The lowest BCUT2D eigenvalue weighted by Gasteiger charge is -2.41. The maximum Gasteiger partial charge on any atom is 0.0880 e. The second-order valence-electron chi connectivity index (χ2n) is 8.08. The predicted octanol–water partition coefficient (Wildman–Crippen LogP) is 3.96. The van der Waals surface area contributed by atoms with Crippen LogP contribution in [-0.2, 0) is 4.74 Å². The van der Waals surface area contributed by atoms with Crippen molar-refractivity contribution in [3.05, 3.63) is 29.8 Å². The maximum atomic E-state index is 10.5. The molecule has 0 atom stereocenters. The number of hydrogen-bond acceptors (Lipinski definition) is 3. The summed E-state index contributed by atoms with van der Waals surface area (Å²) in [4.78, 5) is 2.53. The SMILES string of the molecule is COCC1(O)CCC2(CCN(c3ccc(C(C)C)cc3)C2)CC1. The van der Waals surface area contributed by atoms with Crippen LogP contribution in [0.3, 0.4) is 0 Å². The highest BCUT2D eigenvalue weighted by molar-refractivity contribution is 5.49. The van der Waals surface area contributed by atoms with Gasteiger partial charge in [0, 0.05) is 25.9 Å². The molecular weight excluding hydrogens is 286 g/mol. The van der Waals surface area contributed by atoms with Crippen molar-refractivity contribution in [3.63, 3.8) is 0 Å². The first kappa shape index (κ1) is 16.8. The van der Waals surface area contributed by atoms with Crippen LogP contribution in [0.4, 0.5) is 5.69 Å². The Morgan fingerprint density at radius 3 is 2.30 bits per heavy atom. The van der Waals surface area contributed by atoms with E-state index in [-0.39, 0.29) is 0 Å². The molecule has 23 heavy (non-hydrogen) atoms. The molecule has 0 radical (unpaired) electrons. The summed E-state index contributed by atoms with van der Waals surface area (Å²) in [6.45, 7) is 7.23. The topological polar surface area (TPSA) is 32.7 Å². The third-order valence-electron chi connectivity index (χ3n) is 6.02. The van der Waals surface area contributed by atoms with E-state index in [9.17, 15) is 5.11 Å². The first-order valence-electron chi connectivity index (χ1n) is 9.02. The number of aliphatic hydroxyl groups is 1. The zero-order chi connectivity index (χ0) is 16.5. The Labute approximate surface area is 140 Å². The van der Waals surface area contributed by atoms with Gasteiger partial charge in [-0.05, 0) is 61.1 Å². The van der Waals surface area contributed by atoms with Crippen LogP contribution in [0.5, 0.6) is 0 Å². The number of anilines is 1. The molecule has 0 amide bonds. The molecule has 3 heteroatoms. The average Bonchev–Trinajstić information content (AvgIpc) is 2.96. The van der Waals surface area contributed by atoms with Crippen molar-refractivity contribution in [2.75, 3.05) is 31.7 Å². The highest BCUT2D eigenvalue weighted by atomic mass is 16.5. The molecule has 2 fully saturated rings. The molecule has 1 aromatic carbocycles. The minimum Gasteiger partial charge on any atom is -0.387 e. The van der Waals surface area contributed by atoms with Gasteiger partial charge in [0.05, 0.1) is 12.2 Å². The first-order valence-corrected chi connectivity index (χ1v) is 9.02. The van der Waals surface area contributed by atoms with Crippen molar-refractivity contribution >= 4 is 5.69 Å². The third-order valence-corrected chi connectivity index (χ3v) is 6.02. The second kappa shape index (κ2) is 6.45. The molecule has 1 heterocycles. The van der Waals surface area contributed by atoms with Crippen LogP contribution in [0.25, 0.3) is 0 Å². The van der Waals surface area contributed by atoms with Crippen LogP contribution in [0, 0.1) is 5.41 Å². The lowest BCUT2D eigenvalue weighted by Crippen LogP contribution is -2.43. The number of hydrogen-bond donors (Lipinski definition) is 1. The van der Waals surface area contributed by atoms with Gasteiger partial charge < -0.3 is 14.7 Å². The van der Waals surface area contributed by atoms with Crippen LogP contribution in [0.1, 0.15) is 57.4 Å². The van der Waals surface area contributed by atoms with E-state index < -0.39 is 5.60 Å². The largest absolute Gasteiger partial charge is 0.387 e. The van der Waals surface area contributed by atoms with E-state index in [4.69, 9.17) is 4.74 Å². The molecule has 1 aliphatic heterocycles. The van der Waals surface area contributed by atoms with Gasteiger partial charge in [-0.2, -0.15) is 0 Å². The zero-order valence-corrected chi connectivity index (χ0v) is 14.8. The van der Waals surface area contributed by atoms with Gasteiger partial charge >= 0.3 is 0 Å². The summed E-state index contributed by atoms with van der Waals surface area (Å²) in [6, 6.07) is 9.09. The van der Waals surface area contributed by atoms with Crippen molar-refractivity contribution < 1.29 is 9.84 Å². The number of benzene rings is 1. The highest BCUT2D eigenvalue weighted by Gasteiger charge is 2.45. The highest BCUT2D eigenvalue weighted by Crippen LogP contribution is 2.47. The number of methoxy groups -OCH3 is 1. The molecule has 1 saturated carbocycles. The van der Waals surface area contributed by atoms with E-state index in [0.29, 0.717) is 17.9 Å². The van der Waals surface area contributed by atoms with Crippen molar-refractivity contribution in [3.8, 4) is 0 Å². The van der Waals surface area contributed by atoms with Gasteiger partial charge in [0.1, 0.15) is 0 Å². The quantitative estimate of drug-likeness (QED) is 0.912. The Hall–Kier alpha value is -1.06. The normalized spacial score (nSPS) is 31.3. The molecule has 2 aliphatic rings. The molecule has 0 unspecified atom stereocenters. The monoisotopic (exact) mass is 317 g/mol. The Bertz CT molecular complexity index is 515. The van der Waals surface area contributed by atoms with E-state index in [0.717, 1.165) is 38.8 Å². The molecular formula is C20H31NO2. The van der Waals surface area contributed by atoms with Crippen LogP contribution in [-0.4, -0.2) is 37.5 Å². The third kappa shape index (κ3) is 3.56. The lowest BCUT2D eigenvalue weighted by atomic mass is 9.68. The minimum absolute atomic E-state index is 0.399. The molecule has 3 rings (SSSR count).